The van der Waals surface area contributed by atoms with Gasteiger partial charge in [0.25, 0.3) is 0 Å². The number of nitrogens with one attached hydrogen (secondary N) is 1. The van der Waals surface area contributed by atoms with Gasteiger partial charge in [-0.15, -0.1) is 0 Å². The van der Waals surface area contributed by atoms with Crippen LogP contribution in [0.1, 0.15) is 41.3 Å². The summed E-state index contributed by atoms with van der Waals surface area (Å²) in [6, 6.07) is 7.83. The van der Waals surface area contributed by atoms with Gasteiger partial charge in [0.05, 0.1) is 24.4 Å². The summed E-state index contributed by atoms with van der Waals surface area (Å²) in [5.41, 5.74) is 4.25. The molecule has 0 aliphatic rings. The molecule has 0 unspecified atom stereocenters. The minimum Gasteiger partial charge on any atom is -0.458 e. The van der Waals surface area contributed by atoms with Crippen LogP contribution >= 0.6 is 0 Å². The van der Waals surface area contributed by atoms with Crippen LogP contribution in [0.5, 0.6) is 11.8 Å². The number of H-pyrrole nitrogens is 1. The number of esters is 1. The number of carbonyl (C=O) groups is 1. The lowest BCUT2D eigenvalue weighted by Crippen LogP contribution is -2.15. The third-order valence-corrected chi connectivity index (χ3v) is 4.71. The van der Waals surface area contributed by atoms with Gasteiger partial charge in [0.2, 0.25) is 0 Å². The average Bonchev–Trinajstić information content (AvgIpc) is 3.05. The van der Waals surface area contributed by atoms with Gasteiger partial charge in [-0.05, 0) is 52.0 Å². The lowest BCUT2D eigenvalue weighted by molar-refractivity contribution is 0.0366. The van der Waals surface area contributed by atoms with Crippen molar-refractivity contribution in [2.24, 2.45) is 0 Å². The van der Waals surface area contributed by atoms with E-state index in [0.717, 1.165) is 33.2 Å². The highest BCUT2D eigenvalue weighted by Crippen LogP contribution is 2.33. The number of fused-ring (bicyclic) bond motifs is 3. The van der Waals surface area contributed by atoms with Crippen LogP contribution in [0.15, 0.2) is 30.5 Å². The van der Waals surface area contributed by atoms with E-state index >= 15 is 0 Å². The number of aromatic nitrogens is 4. The fourth-order valence-electron chi connectivity index (χ4n) is 3.58. The van der Waals surface area contributed by atoms with E-state index in [4.69, 9.17) is 14.2 Å². The van der Waals surface area contributed by atoms with Crippen molar-refractivity contribution in [1.82, 2.24) is 19.9 Å². The molecule has 0 spiro atoms. The highest BCUT2D eigenvalue weighted by Gasteiger charge is 2.21. The Balaban J connectivity index is 1.85. The lowest BCUT2D eigenvalue weighted by atomic mass is 10.1. The van der Waals surface area contributed by atoms with E-state index in [1.807, 2.05) is 38.1 Å². The lowest BCUT2D eigenvalue weighted by Gasteiger charge is -2.12. The first-order valence-electron chi connectivity index (χ1n) is 9.99. The maximum atomic E-state index is 12.6. The molecule has 3 aromatic heterocycles. The Kier molecular flexibility index (Phi) is 5.56. The summed E-state index contributed by atoms with van der Waals surface area (Å²) < 4.78 is 16.7. The normalized spacial score (nSPS) is 11.4. The Morgan fingerprint density at radius 2 is 1.84 bits per heavy atom. The van der Waals surface area contributed by atoms with Crippen molar-refractivity contribution in [3.63, 3.8) is 0 Å². The molecule has 8 nitrogen and oxygen atoms in total. The van der Waals surface area contributed by atoms with E-state index < -0.39 is 5.97 Å². The summed E-state index contributed by atoms with van der Waals surface area (Å²) >= 11 is 0. The number of rotatable bonds is 6. The molecule has 1 N–H and O–H groups in total. The second-order valence-corrected chi connectivity index (χ2v) is 7.63. The number of benzene rings is 1. The number of hydrogen-bond donors (Lipinski definition) is 1. The van der Waals surface area contributed by atoms with Gasteiger partial charge in [0.1, 0.15) is 5.75 Å². The van der Waals surface area contributed by atoms with Crippen LogP contribution < -0.4 is 4.74 Å². The Labute approximate surface area is 179 Å². The van der Waals surface area contributed by atoms with Gasteiger partial charge in [-0.1, -0.05) is 0 Å². The summed E-state index contributed by atoms with van der Waals surface area (Å²) in [6.45, 7) is 7.61. The number of hydrogen-bond acceptors (Lipinski definition) is 7. The largest absolute Gasteiger partial charge is 0.458 e. The van der Waals surface area contributed by atoms with Gasteiger partial charge in [-0.3, -0.25) is 0 Å². The highest BCUT2D eigenvalue weighted by atomic mass is 16.5. The molecule has 0 saturated carbocycles. The zero-order valence-electron chi connectivity index (χ0n) is 18.1. The summed E-state index contributed by atoms with van der Waals surface area (Å²) in [5, 5.41) is 1.72. The summed E-state index contributed by atoms with van der Waals surface area (Å²) in [4.78, 5) is 29.0. The number of carbonyl (C=O) groups excluding carboxylic acids is 1. The molecule has 1 aromatic carbocycles. The monoisotopic (exact) mass is 420 g/mol. The van der Waals surface area contributed by atoms with E-state index in [9.17, 15) is 4.79 Å². The predicted octanol–water partition coefficient (Wildman–Crippen LogP) is 4.63. The van der Waals surface area contributed by atoms with Gasteiger partial charge >= 0.3 is 12.0 Å². The minimum absolute atomic E-state index is 0.213. The average molecular weight is 420 g/mol. The van der Waals surface area contributed by atoms with Crippen LogP contribution in [0, 0.1) is 13.8 Å². The molecule has 0 fully saturated rings. The molecule has 160 valence electrons. The first kappa shape index (κ1) is 20.7. The van der Waals surface area contributed by atoms with E-state index in [2.05, 4.69) is 19.9 Å². The van der Waals surface area contributed by atoms with Crippen LogP contribution in [-0.2, 0) is 16.1 Å². The van der Waals surface area contributed by atoms with Gasteiger partial charge in [-0.25, -0.2) is 19.7 Å². The molecule has 0 aliphatic heterocycles. The Morgan fingerprint density at radius 1 is 1.10 bits per heavy atom. The van der Waals surface area contributed by atoms with Crippen molar-refractivity contribution in [1.29, 1.82) is 0 Å². The number of aromatic amines is 1. The molecule has 4 aromatic rings. The zero-order chi connectivity index (χ0) is 22.1. The molecule has 0 amide bonds. The van der Waals surface area contributed by atoms with Crippen LogP contribution in [0.4, 0.5) is 0 Å². The van der Waals surface area contributed by atoms with E-state index in [-0.39, 0.29) is 24.4 Å². The topological polar surface area (TPSA) is 99.2 Å². The van der Waals surface area contributed by atoms with Crippen molar-refractivity contribution in [3.05, 3.63) is 53.1 Å². The molecule has 31 heavy (non-hydrogen) atoms. The maximum Gasteiger partial charge on any atom is 0.357 e. The molecule has 0 aliphatic carbocycles. The van der Waals surface area contributed by atoms with Crippen LogP contribution in [0.25, 0.3) is 21.8 Å². The molecule has 0 atom stereocenters. The fraction of sp³-hybridized carbons (Fsp3) is 0.304. The van der Waals surface area contributed by atoms with Crippen molar-refractivity contribution in [2.75, 3.05) is 7.11 Å². The predicted molar refractivity (Wildman–Crippen MR) is 116 cm³/mol. The van der Waals surface area contributed by atoms with Gasteiger partial charge in [0, 0.05) is 40.4 Å². The first-order valence-corrected chi connectivity index (χ1v) is 9.99. The number of methoxy groups -OCH3 is 1. The smallest absolute Gasteiger partial charge is 0.357 e. The third-order valence-electron chi connectivity index (χ3n) is 4.71. The second-order valence-electron chi connectivity index (χ2n) is 7.63. The summed E-state index contributed by atoms with van der Waals surface area (Å²) in [7, 11) is 1.58. The maximum absolute atomic E-state index is 12.6. The first-order chi connectivity index (χ1) is 14.9. The zero-order valence-corrected chi connectivity index (χ0v) is 18.1. The number of pyridine rings is 1. The quantitative estimate of drug-likeness (QED) is 0.454. The Hall–Kier alpha value is -3.52. The van der Waals surface area contributed by atoms with Gasteiger partial charge in [-0.2, -0.15) is 0 Å². The molecule has 8 heteroatoms. The number of nitrogens with zero attached hydrogens (tertiary/aromatic N) is 3. The molecule has 0 radical (unpaired) electrons. The van der Waals surface area contributed by atoms with Crippen molar-refractivity contribution >= 4 is 27.8 Å². The Bertz CT molecular complexity index is 1260. The SMILES string of the molecule is COCc1c(C(=O)OC(C)C)ncc2[nH]c3ccc(Oc4nc(C)cc(C)n4)cc3c12. The highest BCUT2D eigenvalue weighted by molar-refractivity contribution is 6.11. The van der Waals surface area contributed by atoms with Gasteiger partial charge in [0.15, 0.2) is 5.69 Å². The van der Waals surface area contributed by atoms with Crippen LogP contribution in [-0.4, -0.2) is 39.1 Å². The Morgan fingerprint density at radius 3 is 2.52 bits per heavy atom. The van der Waals surface area contributed by atoms with Crippen molar-refractivity contribution in [2.45, 2.75) is 40.4 Å². The second kappa shape index (κ2) is 8.31. The van der Waals surface area contributed by atoms with E-state index in [0.29, 0.717) is 11.3 Å². The van der Waals surface area contributed by atoms with Crippen molar-refractivity contribution in [3.8, 4) is 11.8 Å². The third kappa shape index (κ3) is 4.20. The van der Waals surface area contributed by atoms with Crippen LogP contribution in [0.3, 0.4) is 0 Å². The molecule has 4 rings (SSSR count). The van der Waals surface area contributed by atoms with E-state index in [1.54, 1.807) is 27.2 Å². The standard InChI is InChI=1S/C23H24N4O4/c1-12(2)30-22(28)21-17(11-29-5)20-16-9-15(6-7-18(16)27-19(20)10-24-21)31-23-25-13(3)8-14(4)26-23/h6-10,12,27H,11H2,1-5H3. The molecule has 0 bridgehead atoms. The fourth-order valence-corrected chi connectivity index (χ4v) is 3.58. The van der Waals surface area contributed by atoms with Gasteiger partial charge < -0.3 is 19.2 Å². The molecular weight excluding hydrogens is 396 g/mol. The molecule has 3 heterocycles. The molecule has 0 saturated heterocycles. The van der Waals surface area contributed by atoms with Crippen molar-refractivity contribution < 1.29 is 19.0 Å². The summed E-state index contributed by atoms with van der Waals surface area (Å²) in [5.74, 6) is 0.110. The van der Waals surface area contributed by atoms with Crippen LogP contribution in [0.2, 0.25) is 0 Å². The van der Waals surface area contributed by atoms with E-state index in [1.165, 1.54) is 0 Å². The number of aryl methyl sites for hydroxylation is 2. The number of ether oxygens (including phenoxy) is 3. The molecular formula is C23H24N4O4. The summed E-state index contributed by atoms with van der Waals surface area (Å²) in [6.07, 6.45) is 1.39. The minimum atomic E-state index is -0.477.